The van der Waals surface area contributed by atoms with Crippen LogP contribution in [0, 0.1) is 19.8 Å². The maximum atomic E-state index is 12.7. The Balaban J connectivity index is 2.19. The maximum Gasteiger partial charge on any atom is 0.348 e. The van der Waals surface area contributed by atoms with Crippen molar-refractivity contribution >= 4 is 5.97 Å². The Morgan fingerprint density at radius 2 is 1.44 bits per heavy atom. The lowest BCUT2D eigenvalue weighted by Crippen LogP contribution is -2.51. The minimum Gasteiger partial charge on any atom is -0.478 e. The number of hydrogen-bond donors (Lipinski definition) is 1. The van der Waals surface area contributed by atoms with Crippen molar-refractivity contribution in [3.05, 3.63) is 89.2 Å². The van der Waals surface area contributed by atoms with Crippen LogP contribution in [-0.2, 0) is 15.1 Å². The van der Waals surface area contributed by atoms with Crippen molar-refractivity contribution in [3.8, 4) is 6.01 Å². The number of rotatable bonds is 10. The van der Waals surface area contributed by atoms with E-state index in [1.807, 2.05) is 80.6 Å². The van der Waals surface area contributed by atoms with Crippen molar-refractivity contribution < 1.29 is 19.4 Å². The molecule has 0 saturated heterocycles. The van der Waals surface area contributed by atoms with Crippen LogP contribution in [0.3, 0.4) is 0 Å². The molecule has 1 atom stereocenters. The first-order valence-electron chi connectivity index (χ1n) is 10.8. The van der Waals surface area contributed by atoms with Crippen LogP contribution in [0.5, 0.6) is 6.01 Å². The Labute approximate surface area is 189 Å². The number of carboxylic acids is 1. The lowest BCUT2D eigenvalue weighted by Gasteiger charge is -2.39. The Kier molecular flexibility index (Phi) is 7.59. The molecule has 0 aliphatic carbocycles. The molecule has 32 heavy (non-hydrogen) atoms. The highest BCUT2D eigenvalue weighted by Crippen LogP contribution is 2.39. The average molecular weight is 435 g/mol. The maximum absolute atomic E-state index is 12.7. The van der Waals surface area contributed by atoms with E-state index >= 15 is 0 Å². The SMILES string of the molecule is Cc1cc(C)nc(O[C@H](C(=O)O)C(OCCC(C)C)(c2ccccc2)c2ccccc2)n1. The Morgan fingerprint density at radius 3 is 1.88 bits per heavy atom. The van der Waals surface area contributed by atoms with Gasteiger partial charge in [-0.15, -0.1) is 0 Å². The van der Waals surface area contributed by atoms with Gasteiger partial charge < -0.3 is 14.6 Å². The van der Waals surface area contributed by atoms with E-state index in [1.54, 1.807) is 0 Å². The van der Waals surface area contributed by atoms with Crippen LogP contribution in [-0.4, -0.2) is 33.8 Å². The van der Waals surface area contributed by atoms with Gasteiger partial charge in [-0.25, -0.2) is 14.8 Å². The van der Waals surface area contributed by atoms with Crippen molar-refractivity contribution in [3.63, 3.8) is 0 Å². The van der Waals surface area contributed by atoms with Gasteiger partial charge in [-0.1, -0.05) is 74.5 Å². The summed E-state index contributed by atoms with van der Waals surface area (Å²) in [5.41, 5.74) is 1.37. The third kappa shape index (κ3) is 5.32. The number of hydrogen-bond acceptors (Lipinski definition) is 5. The molecule has 0 radical (unpaired) electrons. The second-order valence-electron chi connectivity index (χ2n) is 8.27. The second-order valence-corrected chi connectivity index (χ2v) is 8.27. The van der Waals surface area contributed by atoms with E-state index in [9.17, 15) is 9.90 Å². The highest BCUT2D eigenvalue weighted by molar-refractivity contribution is 5.76. The first kappa shape index (κ1) is 23.4. The number of aryl methyl sites for hydroxylation is 2. The summed E-state index contributed by atoms with van der Waals surface area (Å²) in [6.45, 7) is 8.20. The molecule has 1 N–H and O–H groups in total. The standard InChI is InChI=1S/C26H30N2O4/c1-18(2)15-16-31-26(21-11-7-5-8-12-21,22-13-9-6-10-14-22)23(24(29)30)32-25-27-19(3)17-20(4)28-25/h5-14,17-18,23H,15-16H2,1-4H3,(H,29,30)/t23-/m1/s1. The van der Waals surface area contributed by atoms with Crippen molar-refractivity contribution in [2.45, 2.75) is 45.8 Å². The van der Waals surface area contributed by atoms with Crippen LogP contribution in [0.2, 0.25) is 0 Å². The molecule has 6 nitrogen and oxygen atoms in total. The number of carbonyl (C=O) groups is 1. The Bertz CT molecular complexity index is 963. The second kappa shape index (κ2) is 10.4. The minimum atomic E-state index is -1.42. The van der Waals surface area contributed by atoms with Crippen molar-refractivity contribution in [1.82, 2.24) is 9.97 Å². The van der Waals surface area contributed by atoms with Crippen LogP contribution in [0.1, 0.15) is 42.8 Å². The molecular formula is C26H30N2O4. The molecule has 0 amide bonds. The quantitative estimate of drug-likeness (QED) is 0.487. The molecule has 0 aliphatic heterocycles. The Morgan fingerprint density at radius 1 is 0.938 bits per heavy atom. The third-order valence-corrected chi connectivity index (χ3v) is 5.21. The fourth-order valence-electron chi connectivity index (χ4n) is 3.70. The fraction of sp³-hybridized carbons (Fsp3) is 0.346. The minimum absolute atomic E-state index is 0.0126. The number of benzene rings is 2. The van der Waals surface area contributed by atoms with Gasteiger partial charge in [0, 0.05) is 18.0 Å². The Hall–Kier alpha value is -3.25. The molecular weight excluding hydrogens is 404 g/mol. The first-order valence-corrected chi connectivity index (χ1v) is 10.8. The van der Waals surface area contributed by atoms with Crippen LogP contribution in [0.15, 0.2) is 66.7 Å². The molecule has 0 bridgehead atoms. The van der Waals surface area contributed by atoms with E-state index < -0.39 is 17.7 Å². The van der Waals surface area contributed by atoms with E-state index in [0.29, 0.717) is 35.0 Å². The molecule has 0 spiro atoms. The highest BCUT2D eigenvalue weighted by Gasteiger charge is 2.50. The van der Waals surface area contributed by atoms with Gasteiger partial charge in [0.2, 0.25) is 6.10 Å². The molecule has 1 heterocycles. The van der Waals surface area contributed by atoms with Gasteiger partial charge in [0.05, 0.1) is 0 Å². The van der Waals surface area contributed by atoms with E-state index in [-0.39, 0.29) is 6.01 Å². The molecule has 2 aromatic carbocycles. The normalized spacial score (nSPS) is 12.5. The van der Waals surface area contributed by atoms with Gasteiger partial charge in [-0.05, 0) is 43.4 Å². The van der Waals surface area contributed by atoms with Crippen LogP contribution in [0.4, 0.5) is 0 Å². The van der Waals surface area contributed by atoms with Crippen LogP contribution >= 0.6 is 0 Å². The van der Waals surface area contributed by atoms with Crippen molar-refractivity contribution in [2.24, 2.45) is 5.92 Å². The van der Waals surface area contributed by atoms with Gasteiger partial charge in [-0.2, -0.15) is 0 Å². The molecule has 168 valence electrons. The van der Waals surface area contributed by atoms with Gasteiger partial charge in [0.25, 0.3) is 0 Å². The van der Waals surface area contributed by atoms with Gasteiger partial charge >= 0.3 is 12.0 Å². The predicted octanol–water partition coefficient (Wildman–Crippen LogP) is 4.93. The zero-order valence-electron chi connectivity index (χ0n) is 19.0. The van der Waals surface area contributed by atoms with E-state index in [4.69, 9.17) is 9.47 Å². The summed E-state index contributed by atoms with van der Waals surface area (Å²) in [7, 11) is 0. The number of carboxylic acid groups (broad SMARTS) is 1. The third-order valence-electron chi connectivity index (χ3n) is 5.21. The molecule has 1 aromatic heterocycles. The molecule has 6 heteroatoms. The van der Waals surface area contributed by atoms with Crippen LogP contribution < -0.4 is 4.74 Å². The molecule has 0 aliphatic rings. The summed E-state index contributed by atoms with van der Waals surface area (Å²) in [5, 5.41) is 10.4. The predicted molar refractivity (Wildman–Crippen MR) is 123 cm³/mol. The van der Waals surface area contributed by atoms with Crippen molar-refractivity contribution in [2.75, 3.05) is 6.61 Å². The van der Waals surface area contributed by atoms with Gasteiger partial charge in [0.15, 0.2) is 5.60 Å². The molecule has 0 fully saturated rings. The van der Waals surface area contributed by atoms with E-state index in [1.165, 1.54) is 0 Å². The smallest absolute Gasteiger partial charge is 0.348 e. The average Bonchev–Trinajstić information content (AvgIpc) is 2.76. The van der Waals surface area contributed by atoms with E-state index in [0.717, 1.165) is 6.42 Å². The van der Waals surface area contributed by atoms with Gasteiger partial charge in [-0.3, -0.25) is 0 Å². The lowest BCUT2D eigenvalue weighted by atomic mass is 9.81. The largest absolute Gasteiger partial charge is 0.478 e. The van der Waals surface area contributed by atoms with E-state index in [2.05, 4.69) is 23.8 Å². The summed E-state index contributed by atoms with van der Waals surface area (Å²) < 4.78 is 12.5. The molecule has 0 unspecified atom stereocenters. The highest BCUT2D eigenvalue weighted by atomic mass is 16.6. The summed E-state index contributed by atoms with van der Waals surface area (Å²) in [6, 6.07) is 20.5. The lowest BCUT2D eigenvalue weighted by molar-refractivity contribution is -0.164. The topological polar surface area (TPSA) is 81.5 Å². The van der Waals surface area contributed by atoms with Crippen LogP contribution in [0.25, 0.3) is 0 Å². The first-order chi connectivity index (χ1) is 15.3. The van der Waals surface area contributed by atoms with Crippen molar-refractivity contribution in [1.29, 1.82) is 0 Å². The fourth-order valence-corrected chi connectivity index (χ4v) is 3.70. The zero-order chi connectivity index (χ0) is 23.1. The number of nitrogens with zero attached hydrogens (tertiary/aromatic N) is 2. The monoisotopic (exact) mass is 434 g/mol. The molecule has 3 aromatic rings. The summed E-state index contributed by atoms with van der Waals surface area (Å²) in [4.78, 5) is 21.3. The molecule has 3 rings (SSSR count). The summed E-state index contributed by atoms with van der Waals surface area (Å²) in [6.07, 6.45) is -0.644. The van der Waals surface area contributed by atoms with Gasteiger partial charge in [0.1, 0.15) is 0 Å². The summed E-state index contributed by atoms with van der Waals surface area (Å²) in [5.74, 6) is -0.767. The number of aliphatic carboxylic acids is 1. The molecule has 0 saturated carbocycles. The summed E-state index contributed by atoms with van der Waals surface area (Å²) >= 11 is 0. The number of aromatic nitrogens is 2. The number of ether oxygens (including phenoxy) is 2. The zero-order valence-corrected chi connectivity index (χ0v) is 19.0.